The minimum atomic E-state index is -0.267. The van der Waals surface area contributed by atoms with Crippen molar-refractivity contribution >= 4 is 16.9 Å². The first-order valence-corrected chi connectivity index (χ1v) is 6.92. The van der Waals surface area contributed by atoms with E-state index in [1.54, 1.807) is 24.0 Å². The van der Waals surface area contributed by atoms with Gasteiger partial charge in [-0.1, -0.05) is 0 Å². The Hall–Kier alpha value is -2.83. The van der Waals surface area contributed by atoms with Gasteiger partial charge in [-0.3, -0.25) is 4.68 Å². The van der Waals surface area contributed by atoms with Gasteiger partial charge in [-0.15, -0.1) is 0 Å². The molecule has 0 unspecified atom stereocenters. The molecular weight excluding hydrogens is 285 g/mol. The van der Waals surface area contributed by atoms with Crippen molar-refractivity contribution in [3.63, 3.8) is 0 Å². The molecule has 3 N–H and O–H groups in total. The third-order valence-corrected chi connectivity index (χ3v) is 3.44. The summed E-state index contributed by atoms with van der Waals surface area (Å²) in [4.78, 5) is 14.1. The lowest BCUT2D eigenvalue weighted by Crippen LogP contribution is -2.34. The van der Waals surface area contributed by atoms with E-state index in [4.69, 9.17) is 0 Å². The molecule has 0 bridgehead atoms. The second-order valence-electron chi connectivity index (χ2n) is 4.89. The fraction of sp³-hybridized carbons (Fsp3) is 0.200. The lowest BCUT2D eigenvalue weighted by Gasteiger charge is -2.03. The van der Waals surface area contributed by atoms with Crippen LogP contribution in [0.25, 0.3) is 22.0 Å². The molecule has 0 aliphatic rings. The van der Waals surface area contributed by atoms with Gasteiger partial charge in [-0.05, 0) is 18.2 Å². The van der Waals surface area contributed by atoms with E-state index in [0.29, 0.717) is 13.1 Å². The van der Waals surface area contributed by atoms with E-state index in [1.807, 2.05) is 12.4 Å². The number of hydrogen-bond acceptors (Lipinski definition) is 2. The highest BCUT2D eigenvalue weighted by Crippen LogP contribution is 2.28. The quantitative estimate of drug-likeness (QED) is 0.690. The summed E-state index contributed by atoms with van der Waals surface area (Å²) >= 11 is 0. The number of halogens is 1. The van der Waals surface area contributed by atoms with Crippen LogP contribution in [0.2, 0.25) is 0 Å². The van der Waals surface area contributed by atoms with Crippen LogP contribution in [0.5, 0.6) is 0 Å². The summed E-state index contributed by atoms with van der Waals surface area (Å²) in [5.41, 5.74) is 2.67. The van der Waals surface area contributed by atoms with Crippen LogP contribution in [-0.2, 0) is 6.54 Å². The summed E-state index contributed by atoms with van der Waals surface area (Å²) in [5, 5.41) is 10.4. The Morgan fingerprint density at radius 1 is 1.45 bits per heavy atom. The van der Waals surface area contributed by atoms with E-state index in [1.165, 1.54) is 12.1 Å². The van der Waals surface area contributed by atoms with Gasteiger partial charge in [0.15, 0.2) is 0 Å². The van der Waals surface area contributed by atoms with Crippen molar-refractivity contribution in [2.45, 2.75) is 6.54 Å². The van der Waals surface area contributed by atoms with E-state index in [2.05, 4.69) is 20.7 Å². The van der Waals surface area contributed by atoms with Crippen LogP contribution in [0.3, 0.4) is 0 Å². The van der Waals surface area contributed by atoms with Crippen LogP contribution in [0.4, 0.5) is 9.18 Å². The smallest absolute Gasteiger partial charge is 0.314 e. The van der Waals surface area contributed by atoms with E-state index >= 15 is 0 Å². The van der Waals surface area contributed by atoms with E-state index in [9.17, 15) is 9.18 Å². The van der Waals surface area contributed by atoms with Gasteiger partial charge in [0.1, 0.15) is 5.82 Å². The number of carbonyl (C=O) groups excluding carboxylic acids is 1. The maximum absolute atomic E-state index is 13.2. The molecule has 1 aromatic carbocycles. The number of urea groups is 1. The molecule has 0 radical (unpaired) electrons. The highest BCUT2D eigenvalue weighted by Gasteiger charge is 2.09. The number of aromatic nitrogens is 3. The first-order valence-electron chi connectivity index (χ1n) is 6.92. The van der Waals surface area contributed by atoms with Crippen molar-refractivity contribution in [3.8, 4) is 11.1 Å². The molecule has 2 aromatic heterocycles. The fourth-order valence-corrected chi connectivity index (χ4v) is 2.33. The van der Waals surface area contributed by atoms with E-state index < -0.39 is 0 Å². The van der Waals surface area contributed by atoms with Crippen LogP contribution >= 0.6 is 0 Å². The number of rotatable bonds is 4. The number of fused-ring (bicyclic) bond motifs is 1. The molecule has 0 saturated carbocycles. The molecule has 0 spiro atoms. The first-order chi connectivity index (χ1) is 10.7. The van der Waals surface area contributed by atoms with Crippen molar-refractivity contribution in [3.05, 3.63) is 42.6 Å². The molecule has 114 valence electrons. The van der Waals surface area contributed by atoms with Crippen LogP contribution in [0.1, 0.15) is 0 Å². The summed E-state index contributed by atoms with van der Waals surface area (Å²) in [5.74, 6) is -0.267. The molecule has 0 saturated heterocycles. The number of carbonyl (C=O) groups is 1. The Labute approximate surface area is 126 Å². The summed E-state index contributed by atoms with van der Waals surface area (Å²) in [6.45, 7) is 1.06. The molecule has 6 nitrogen and oxygen atoms in total. The Balaban J connectivity index is 1.76. The van der Waals surface area contributed by atoms with Gasteiger partial charge in [0.2, 0.25) is 0 Å². The SMILES string of the molecule is CNC(=O)NCCn1cc(-c2c[nH]c3cc(F)ccc23)cn1. The number of nitrogens with zero attached hydrogens (tertiary/aromatic N) is 2. The summed E-state index contributed by atoms with van der Waals surface area (Å²) in [6.07, 6.45) is 5.50. The zero-order valence-corrected chi connectivity index (χ0v) is 12.1. The highest BCUT2D eigenvalue weighted by molar-refractivity contribution is 5.95. The normalized spacial score (nSPS) is 10.8. The minimum absolute atomic E-state index is 0.217. The Morgan fingerprint density at radius 3 is 3.14 bits per heavy atom. The van der Waals surface area contributed by atoms with Crippen molar-refractivity contribution in [2.75, 3.05) is 13.6 Å². The number of amides is 2. The average molecular weight is 301 g/mol. The summed E-state index contributed by atoms with van der Waals surface area (Å²) in [7, 11) is 1.57. The van der Waals surface area contributed by atoms with Crippen LogP contribution in [0, 0.1) is 5.82 Å². The standard InChI is InChI=1S/C15H16FN5O/c1-17-15(22)18-4-5-21-9-10(7-20-21)13-8-19-14-6-11(16)2-3-12(13)14/h2-3,6-9,19H,4-5H2,1H3,(H2,17,18,22). The Bertz CT molecular complexity index is 807. The molecule has 2 heterocycles. The number of hydrogen-bond donors (Lipinski definition) is 3. The molecule has 3 aromatic rings. The molecule has 22 heavy (non-hydrogen) atoms. The second-order valence-corrected chi connectivity index (χ2v) is 4.89. The Morgan fingerprint density at radius 2 is 2.32 bits per heavy atom. The molecule has 0 aliphatic heterocycles. The topological polar surface area (TPSA) is 74.7 Å². The molecular formula is C15H16FN5O. The number of nitrogens with one attached hydrogen (secondary N) is 3. The monoisotopic (exact) mass is 301 g/mol. The van der Waals surface area contributed by atoms with Crippen LogP contribution in [-0.4, -0.2) is 34.4 Å². The predicted molar refractivity (Wildman–Crippen MR) is 81.9 cm³/mol. The average Bonchev–Trinajstić information content (AvgIpc) is 3.13. The maximum Gasteiger partial charge on any atom is 0.314 e. The van der Waals surface area contributed by atoms with Crippen LogP contribution < -0.4 is 10.6 Å². The molecule has 7 heteroatoms. The highest BCUT2D eigenvalue weighted by atomic mass is 19.1. The lowest BCUT2D eigenvalue weighted by molar-refractivity contribution is 0.242. The zero-order chi connectivity index (χ0) is 15.5. The van der Waals surface area contributed by atoms with Gasteiger partial charge in [0.25, 0.3) is 0 Å². The third-order valence-electron chi connectivity index (χ3n) is 3.44. The summed E-state index contributed by atoms with van der Waals surface area (Å²) < 4.78 is 15.0. The molecule has 0 fully saturated rings. The van der Waals surface area contributed by atoms with E-state index in [0.717, 1.165) is 22.0 Å². The molecule has 3 rings (SSSR count). The van der Waals surface area contributed by atoms with Crippen LogP contribution in [0.15, 0.2) is 36.8 Å². The second kappa shape index (κ2) is 5.88. The van der Waals surface area contributed by atoms with Gasteiger partial charge in [-0.2, -0.15) is 5.10 Å². The van der Waals surface area contributed by atoms with Crippen molar-refractivity contribution in [1.29, 1.82) is 0 Å². The number of aromatic amines is 1. The largest absolute Gasteiger partial charge is 0.360 e. The third kappa shape index (κ3) is 2.78. The zero-order valence-electron chi connectivity index (χ0n) is 12.1. The summed E-state index contributed by atoms with van der Waals surface area (Å²) in [6, 6.07) is 4.44. The first kappa shape index (κ1) is 14.1. The minimum Gasteiger partial charge on any atom is -0.360 e. The van der Waals surface area contributed by atoms with Crippen molar-refractivity contribution in [2.24, 2.45) is 0 Å². The number of H-pyrrole nitrogens is 1. The number of benzene rings is 1. The molecule has 0 atom stereocenters. The van der Waals surface area contributed by atoms with Gasteiger partial charge >= 0.3 is 6.03 Å². The molecule has 0 aliphatic carbocycles. The lowest BCUT2D eigenvalue weighted by atomic mass is 10.1. The van der Waals surface area contributed by atoms with Gasteiger partial charge in [0.05, 0.1) is 12.7 Å². The van der Waals surface area contributed by atoms with Gasteiger partial charge < -0.3 is 15.6 Å². The van der Waals surface area contributed by atoms with Crippen molar-refractivity contribution < 1.29 is 9.18 Å². The molecule has 2 amide bonds. The van der Waals surface area contributed by atoms with Gasteiger partial charge in [0, 0.05) is 48.0 Å². The predicted octanol–water partition coefficient (Wildman–Crippen LogP) is 2.10. The maximum atomic E-state index is 13.2. The van der Waals surface area contributed by atoms with E-state index in [-0.39, 0.29) is 11.8 Å². The van der Waals surface area contributed by atoms with Crippen molar-refractivity contribution in [1.82, 2.24) is 25.4 Å². The fourth-order valence-electron chi connectivity index (χ4n) is 2.33. The van der Waals surface area contributed by atoms with Gasteiger partial charge in [-0.25, -0.2) is 9.18 Å². The Kier molecular flexibility index (Phi) is 3.78.